The number of benzene rings is 1. The van der Waals surface area contributed by atoms with Crippen molar-refractivity contribution in [3.63, 3.8) is 0 Å². The summed E-state index contributed by atoms with van der Waals surface area (Å²) in [6, 6.07) is 8.92. The summed E-state index contributed by atoms with van der Waals surface area (Å²) in [5, 5.41) is 3.50. The summed E-state index contributed by atoms with van der Waals surface area (Å²) in [7, 11) is 0. The molecule has 0 unspecified atom stereocenters. The second kappa shape index (κ2) is 8.28. The van der Waals surface area contributed by atoms with E-state index in [9.17, 15) is 0 Å². The van der Waals surface area contributed by atoms with Crippen molar-refractivity contribution in [3.8, 4) is 0 Å². The molecule has 0 aromatic heterocycles. The van der Waals surface area contributed by atoms with E-state index in [0.717, 1.165) is 32.1 Å². The third-order valence-corrected chi connectivity index (χ3v) is 3.19. The minimum atomic E-state index is 0.389. The molecule has 0 amide bonds. The Morgan fingerprint density at radius 2 is 1.83 bits per heavy atom. The van der Waals surface area contributed by atoms with Gasteiger partial charge < -0.3 is 10.1 Å². The lowest BCUT2D eigenvalue weighted by Crippen LogP contribution is -2.24. The summed E-state index contributed by atoms with van der Waals surface area (Å²) >= 11 is 0. The maximum atomic E-state index is 5.60. The molecule has 0 bridgehead atoms. The fourth-order valence-corrected chi connectivity index (χ4v) is 1.95. The van der Waals surface area contributed by atoms with E-state index in [1.165, 1.54) is 11.1 Å². The Labute approximate surface area is 112 Å². The molecule has 0 aliphatic carbocycles. The molecule has 1 rings (SSSR count). The predicted octanol–water partition coefficient (Wildman–Crippen LogP) is 3.71. The maximum absolute atomic E-state index is 5.60. The average Bonchev–Trinajstić information content (AvgIpc) is 2.33. The molecule has 0 aliphatic heterocycles. The minimum absolute atomic E-state index is 0.389. The van der Waals surface area contributed by atoms with Crippen molar-refractivity contribution in [2.75, 3.05) is 19.8 Å². The van der Waals surface area contributed by atoms with Crippen LogP contribution in [0.15, 0.2) is 24.3 Å². The molecule has 2 nitrogen and oxygen atoms in total. The molecule has 1 aromatic rings. The van der Waals surface area contributed by atoms with Gasteiger partial charge in [0, 0.05) is 19.2 Å². The van der Waals surface area contributed by atoms with Crippen LogP contribution in [0.1, 0.15) is 44.4 Å². The van der Waals surface area contributed by atoms with Gasteiger partial charge >= 0.3 is 0 Å². The zero-order valence-electron chi connectivity index (χ0n) is 12.2. The highest BCUT2D eigenvalue weighted by molar-refractivity contribution is 5.28. The number of hydrogen-bond donors (Lipinski definition) is 1. The smallest absolute Gasteiger partial charge is 0.0591 e. The molecule has 1 aromatic carbocycles. The Morgan fingerprint density at radius 1 is 1.11 bits per heavy atom. The van der Waals surface area contributed by atoms with Gasteiger partial charge in [0.15, 0.2) is 0 Å². The second-order valence-electron chi connectivity index (χ2n) is 5.33. The third kappa shape index (κ3) is 5.65. The Bertz CT molecular complexity index is 336. The predicted molar refractivity (Wildman–Crippen MR) is 77.9 cm³/mol. The van der Waals surface area contributed by atoms with Crippen molar-refractivity contribution >= 4 is 0 Å². The molecule has 0 aliphatic rings. The quantitative estimate of drug-likeness (QED) is 0.709. The molecule has 0 saturated carbocycles. The summed E-state index contributed by atoms with van der Waals surface area (Å²) in [5.41, 5.74) is 2.72. The van der Waals surface area contributed by atoms with Gasteiger partial charge in [-0.2, -0.15) is 0 Å². The molecule has 0 fully saturated rings. The number of nitrogens with one attached hydrogen (secondary N) is 1. The van der Waals surface area contributed by atoms with E-state index in [1.807, 2.05) is 0 Å². The highest BCUT2D eigenvalue weighted by atomic mass is 16.5. The van der Waals surface area contributed by atoms with Crippen molar-refractivity contribution in [1.82, 2.24) is 5.32 Å². The van der Waals surface area contributed by atoms with Gasteiger partial charge in [0.1, 0.15) is 0 Å². The topological polar surface area (TPSA) is 21.3 Å². The molecule has 102 valence electrons. The van der Waals surface area contributed by atoms with Crippen LogP contribution in [-0.4, -0.2) is 19.8 Å². The van der Waals surface area contributed by atoms with Crippen LogP contribution >= 0.6 is 0 Å². The first-order valence-corrected chi connectivity index (χ1v) is 6.98. The van der Waals surface area contributed by atoms with Gasteiger partial charge in [0.05, 0.1) is 6.61 Å². The highest BCUT2D eigenvalue weighted by Crippen LogP contribution is 2.16. The lowest BCUT2D eigenvalue weighted by atomic mass is 10.0. The van der Waals surface area contributed by atoms with Crippen LogP contribution in [0.25, 0.3) is 0 Å². The summed E-state index contributed by atoms with van der Waals surface area (Å²) in [4.78, 5) is 0. The van der Waals surface area contributed by atoms with E-state index in [1.54, 1.807) is 0 Å². The lowest BCUT2D eigenvalue weighted by Gasteiger charge is -2.16. The summed E-state index contributed by atoms with van der Waals surface area (Å²) in [5.74, 6) is 0.726. The molecule has 0 spiro atoms. The number of ether oxygens (including phenoxy) is 1. The van der Waals surface area contributed by atoms with Crippen molar-refractivity contribution < 1.29 is 4.74 Å². The lowest BCUT2D eigenvalue weighted by molar-refractivity contribution is 0.123. The van der Waals surface area contributed by atoms with Gasteiger partial charge in [0.2, 0.25) is 0 Å². The zero-order chi connectivity index (χ0) is 13.4. The Balaban J connectivity index is 2.18. The fraction of sp³-hybridized carbons (Fsp3) is 0.625. The van der Waals surface area contributed by atoms with Crippen molar-refractivity contribution in [2.24, 2.45) is 5.92 Å². The SMILES string of the molecule is Cc1ccccc1[C@@H](C)NCCOCCC(C)C. The molecular formula is C16H27NO. The van der Waals surface area contributed by atoms with Gasteiger partial charge in [-0.25, -0.2) is 0 Å². The van der Waals surface area contributed by atoms with Crippen LogP contribution in [-0.2, 0) is 4.74 Å². The first-order chi connectivity index (χ1) is 8.61. The zero-order valence-corrected chi connectivity index (χ0v) is 12.2. The van der Waals surface area contributed by atoms with E-state index >= 15 is 0 Å². The van der Waals surface area contributed by atoms with E-state index < -0.39 is 0 Å². The molecule has 0 saturated heterocycles. The Kier molecular flexibility index (Phi) is 6.99. The van der Waals surface area contributed by atoms with E-state index in [4.69, 9.17) is 4.74 Å². The second-order valence-corrected chi connectivity index (χ2v) is 5.33. The van der Waals surface area contributed by atoms with Crippen LogP contribution < -0.4 is 5.32 Å². The van der Waals surface area contributed by atoms with Gasteiger partial charge in [-0.3, -0.25) is 0 Å². The minimum Gasteiger partial charge on any atom is -0.380 e. The van der Waals surface area contributed by atoms with Crippen LogP contribution in [0, 0.1) is 12.8 Å². The largest absolute Gasteiger partial charge is 0.380 e. The standard InChI is InChI=1S/C16H27NO/c1-13(2)9-11-18-12-10-17-15(4)16-8-6-5-7-14(16)3/h5-8,13,15,17H,9-12H2,1-4H3/t15-/m1/s1. The number of rotatable bonds is 8. The van der Waals surface area contributed by atoms with Crippen LogP contribution in [0.3, 0.4) is 0 Å². The fourth-order valence-electron chi connectivity index (χ4n) is 1.95. The van der Waals surface area contributed by atoms with Gasteiger partial charge in [-0.15, -0.1) is 0 Å². The third-order valence-electron chi connectivity index (χ3n) is 3.19. The highest BCUT2D eigenvalue weighted by Gasteiger charge is 2.06. The Morgan fingerprint density at radius 3 is 2.50 bits per heavy atom. The molecule has 1 N–H and O–H groups in total. The van der Waals surface area contributed by atoms with Crippen LogP contribution in [0.4, 0.5) is 0 Å². The Hall–Kier alpha value is -0.860. The monoisotopic (exact) mass is 249 g/mol. The number of hydrogen-bond acceptors (Lipinski definition) is 2. The van der Waals surface area contributed by atoms with Gasteiger partial charge in [-0.05, 0) is 37.3 Å². The van der Waals surface area contributed by atoms with Crippen molar-refractivity contribution in [3.05, 3.63) is 35.4 Å². The first-order valence-electron chi connectivity index (χ1n) is 6.98. The molecule has 0 radical (unpaired) electrons. The summed E-state index contributed by atoms with van der Waals surface area (Å²) in [6.07, 6.45) is 1.15. The molecule has 0 heterocycles. The average molecular weight is 249 g/mol. The summed E-state index contributed by atoms with van der Waals surface area (Å²) in [6.45, 7) is 11.4. The van der Waals surface area contributed by atoms with E-state index in [0.29, 0.717) is 6.04 Å². The molecule has 2 heteroatoms. The molecule has 1 atom stereocenters. The van der Waals surface area contributed by atoms with Crippen molar-refractivity contribution in [1.29, 1.82) is 0 Å². The van der Waals surface area contributed by atoms with Crippen LogP contribution in [0.2, 0.25) is 0 Å². The molecular weight excluding hydrogens is 222 g/mol. The summed E-state index contributed by atoms with van der Waals surface area (Å²) < 4.78 is 5.60. The van der Waals surface area contributed by atoms with E-state index in [2.05, 4.69) is 57.3 Å². The molecule has 18 heavy (non-hydrogen) atoms. The number of aryl methyl sites for hydroxylation is 1. The van der Waals surface area contributed by atoms with Crippen molar-refractivity contribution in [2.45, 2.75) is 40.2 Å². The van der Waals surface area contributed by atoms with Crippen LogP contribution in [0.5, 0.6) is 0 Å². The van der Waals surface area contributed by atoms with Gasteiger partial charge in [0.25, 0.3) is 0 Å². The van der Waals surface area contributed by atoms with E-state index in [-0.39, 0.29) is 0 Å². The maximum Gasteiger partial charge on any atom is 0.0591 e. The normalized spacial score (nSPS) is 12.9. The first kappa shape index (κ1) is 15.2. The van der Waals surface area contributed by atoms with Gasteiger partial charge in [-0.1, -0.05) is 38.1 Å².